The minimum absolute atomic E-state index is 0.0234. The van der Waals surface area contributed by atoms with Gasteiger partial charge < -0.3 is 15.5 Å². The van der Waals surface area contributed by atoms with Gasteiger partial charge in [0, 0.05) is 18.3 Å². The van der Waals surface area contributed by atoms with E-state index in [1.807, 2.05) is 66.2 Å². The number of likely N-dealkylation sites (N-methyl/N-ethyl adjacent to an activating group) is 1. The molecule has 0 unspecified atom stereocenters. The maximum atomic E-state index is 12.6. The first-order chi connectivity index (χ1) is 14.0. The zero-order chi connectivity index (χ0) is 20.6. The van der Waals surface area contributed by atoms with Crippen LogP contribution in [0.15, 0.2) is 72.1 Å². The van der Waals surface area contributed by atoms with Crippen LogP contribution in [0.1, 0.15) is 22.0 Å². The monoisotopic (exact) mass is 408 g/mol. The zero-order valence-electron chi connectivity index (χ0n) is 16.7. The normalized spacial score (nSPS) is 11.7. The maximum Gasteiger partial charge on any atom is 0.277 e. The van der Waals surface area contributed by atoms with Crippen LogP contribution >= 0.6 is 11.3 Å². The Balaban J connectivity index is 1.55. The summed E-state index contributed by atoms with van der Waals surface area (Å²) < 4.78 is 0. The van der Waals surface area contributed by atoms with Gasteiger partial charge in [-0.1, -0.05) is 54.1 Å². The van der Waals surface area contributed by atoms with Gasteiger partial charge in [-0.05, 0) is 30.5 Å². The Morgan fingerprint density at radius 2 is 1.76 bits per heavy atom. The highest BCUT2D eigenvalue weighted by molar-refractivity contribution is 7.10. The largest absolute Gasteiger partial charge is 0.332 e. The third-order valence-electron chi connectivity index (χ3n) is 4.68. The van der Waals surface area contributed by atoms with Crippen molar-refractivity contribution in [3.05, 3.63) is 88.1 Å². The molecule has 150 valence electrons. The number of amides is 2. The number of carbonyl (C=O) groups excluding carboxylic acids is 2. The van der Waals surface area contributed by atoms with Crippen LogP contribution in [0, 0.1) is 6.92 Å². The van der Waals surface area contributed by atoms with Crippen molar-refractivity contribution in [3.63, 3.8) is 0 Å². The molecule has 0 spiro atoms. The Morgan fingerprint density at radius 1 is 1.03 bits per heavy atom. The van der Waals surface area contributed by atoms with E-state index >= 15 is 0 Å². The lowest BCUT2D eigenvalue weighted by molar-refractivity contribution is -0.676. The number of quaternary nitrogens is 1. The van der Waals surface area contributed by atoms with Crippen molar-refractivity contribution >= 4 is 28.8 Å². The van der Waals surface area contributed by atoms with Crippen LogP contribution in [0.5, 0.6) is 0 Å². The van der Waals surface area contributed by atoms with E-state index in [-0.39, 0.29) is 30.9 Å². The SMILES string of the molecule is Cc1ccc(NC(=O)CN(C)C(=O)C[NH2+][C@@H](c2ccccc2)c2cccs2)cc1. The van der Waals surface area contributed by atoms with Crippen molar-refractivity contribution in [1.29, 1.82) is 0 Å². The van der Waals surface area contributed by atoms with Crippen molar-refractivity contribution in [2.24, 2.45) is 0 Å². The van der Waals surface area contributed by atoms with Gasteiger partial charge in [0.25, 0.3) is 5.91 Å². The lowest BCUT2D eigenvalue weighted by atomic mass is 10.1. The molecule has 0 radical (unpaired) electrons. The Bertz CT molecular complexity index is 925. The number of hydrogen-bond donors (Lipinski definition) is 2. The molecule has 0 saturated carbocycles. The number of nitrogens with zero attached hydrogens (tertiary/aromatic N) is 1. The molecule has 3 rings (SSSR count). The molecule has 0 aliphatic heterocycles. The molecular weight excluding hydrogens is 382 g/mol. The molecule has 0 bridgehead atoms. The Labute approximate surface area is 175 Å². The molecule has 6 heteroatoms. The van der Waals surface area contributed by atoms with Crippen LogP contribution in [0.2, 0.25) is 0 Å². The van der Waals surface area contributed by atoms with Crippen molar-refractivity contribution in [3.8, 4) is 0 Å². The van der Waals surface area contributed by atoms with Crippen LogP contribution in [-0.2, 0) is 9.59 Å². The van der Waals surface area contributed by atoms with Crippen molar-refractivity contribution in [2.75, 3.05) is 25.5 Å². The first-order valence-electron chi connectivity index (χ1n) is 9.55. The van der Waals surface area contributed by atoms with Crippen LogP contribution in [0.25, 0.3) is 0 Å². The number of benzene rings is 2. The molecule has 3 N–H and O–H groups in total. The summed E-state index contributed by atoms with van der Waals surface area (Å²) in [6, 6.07) is 21.9. The first-order valence-corrected chi connectivity index (χ1v) is 10.4. The first kappa shape index (κ1) is 20.8. The third kappa shape index (κ3) is 6.01. The number of thiophene rings is 1. The van der Waals surface area contributed by atoms with Gasteiger partial charge in [0.1, 0.15) is 6.04 Å². The molecule has 29 heavy (non-hydrogen) atoms. The average molecular weight is 409 g/mol. The maximum absolute atomic E-state index is 12.6. The topological polar surface area (TPSA) is 66.0 Å². The molecule has 0 aliphatic rings. The molecule has 1 aromatic heterocycles. The smallest absolute Gasteiger partial charge is 0.277 e. The molecule has 0 saturated heterocycles. The number of hydrogen-bond acceptors (Lipinski definition) is 3. The number of nitrogens with two attached hydrogens (primary N) is 1. The summed E-state index contributed by atoms with van der Waals surface area (Å²) in [6.45, 7) is 2.29. The lowest BCUT2D eigenvalue weighted by Crippen LogP contribution is -2.87. The summed E-state index contributed by atoms with van der Waals surface area (Å²) in [7, 11) is 1.66. The number of carbonyl (C=O) groups is 2. The summed E-state index contributed by atoms with van der Waals surface area (Å²) >= 11 is 1.68. The zero-order valence-corrected chi connectivity index (χ0v) is 17.5. The van der Waals surface area contributed by atoms with Gasteiger partial charge >= 0.3 is 0 Å². The highest BCUT2D eigenvalue weighted by atomic mass is 32.1. The number of nitrogens with one attached hydrogen (secondary N) is 1. The van der Waals surface area contributed by atoms with Crippen LogP contribution < -0.4 is 10.6 Å². The highest BCUT2D eigenvalue weighted by Crippen LogP contribution is 2.22. The third-order valence-corrected chi connectivity index (χ3v) is 5.63. The van der Waals surface area contributed by atoms with E-state index in [0.29, 0.717) is 0 Å². The molecule has 0 aliphatic carbocycles. The molecule has 2 aromatic carbocycles. The Kier molecular flexibility index (Phi) is 7.16. The van der Waals surface area contributed by atoms with Crippen molar-refractivity contribution in [1.82, 2.24) is 4.90 Å². The molecular formula is C23H26N3O2S+. The fraction of sp³-hybridized carbons (Fsp3) is 0.217. The summed E-state index contributed by atoms with van der Waals surface area (Å²) in [5.41, 5.74) is 3.02. The molecule has 1 heterocycles. The van der Waals surface area contributed by atoms with E-state index in [1.54, 1.807) is 18.4 Å². The Morgan fingerprint density at radius 3 is 2.41 bits per heavy atom. The molecule has 0 fully saturated rings. The predicted octanol–water partition coefficient (Wildman–Crippen LogP) is 2.81. The van der Waals surface area contributed by atoms with Crippen LogP contribution in [0.4, 0.5) is 5.69 Å². The van der Waals surface area contributed by atoms with Gasteiger partial charge in [-0.25, -0.2) is 0 Å². The summed E-state index contributed by atoms with van der Waals surface area (Å²) in [5, 5.41) is 6.90. The second-order valence-electron chi connectivity index (χ2n) is 7.01. The minimum atomic E-state index is -0.206. The number of anilines is 1. The van der Waals surface area contributed by atoms with Crippen LogP contribution in [0.3, 0.4) is 0 Å². The summed E-state index contributed by atoms with van der Waals surface area (Å²) in [5.74, 6) is -0.288. The van der Waals surface area contributed by atoms with Gasteiger partial charge in [-0.15, -0.1) is 11.3 Å². The molecule has 1 atom stereocenters. The standard InChI is InChI=1S/C23H25N3O2S/c1-17-10-12-19(13-11-17)25-21(27)16-26(2)22(28)15-24-23(20-9-6-14-29-20)18-7-4-3-5-8-18/h3-14,23-24H,15-16H2,1-2H3,(H,25,27)/p+1/t23-/m0/s1. The molecule has 3 aromatic rings. The van der Waals surface area contributed by atoms with Gasteiger partial charge in [0.15, 0.2) is 6.54 Å². The van der Waals surface area contributed by atoms with E-state index in [1.165, 1.54) is 9.78 Å². The van der Waals surface area contributed by atoms with E-state index in [0.717, 1.165) is 16.8 Å². The highest BCUT2D eigenvalue weighted by Gasteiger charge is 2.22. The fourth-order valence-electron chi connectivity index (χ4n) is 3.06. The Hall–Kier alpha value is -2.96. The summed E-state index contributed by atoms with van der Waals surface area (Å²) in [4.78, 5) is 27.5. The van der Waals surface area contributed by atoms with Crippen molar-refractivity contribution < 1.29 is 14.9 Å². The van der Waals surface area contributed by atoms with E-state index in [9.17, 15) is 9.59 Å². The average Bonchev–Trinajstić information content (AvgIpc) is 3.25. The van der Waals surface area contributed by atoms with E-state index in [2.05, 4.69) is 23.5 Å². The number of rotatable bonds is 8. The van der Waals surface area contributed by atoms with Crippen molar-refractivity contribution in [2.45, 2.75) is 13.0 Å². The second-order valence-corrected chi connectivity index (χ2v) is 7.99. The fourth-order valence-corrected chi connectivity index (χ4v) is 3.91. The number of aryl methyl sites for hydroxylation is 1. The van der Waals surface area contributed by atoms with Gasteiger partial charge in [0.2, 0.25) is 5.91 Å². The van der Waals surface area contributed by atoms with E-state index < -0.39 is 0 Å². The van der Waals surface area contributed by atoms with E-state index in [4.69, 9.17) is 0 Å². The summed E-state index contributed by atoms with van der Waals surface area (Å²) in [6.07, 6.45) is 0. The molecule has 2 amide bonds. The van der Waals surface area contributed by atoms with Crippen LogP contribution in [-0.4, -0.2) is 36.9 Å². The lowest BCUT2D eigenvalue weighted by Gasteiger charge is -2.19. The molecule has 5 nitrogen and oxygen atoms in total. The predicted molar refractivity (Wildman–Crippen MR) is 117 cm³/mol. The second kappa shape index (κ2) is 10.0. The quantitative estimate of drug-likeness (QED) is 0.602. The van der Waals surface area contributed by atoms with Gasteiger partial charge in [-0.2, -0.15) is 0 Å². The van der Waals surface area contributed by atoms with Gasteiger partial charge in [0.05, 0.1) is 11.4 Å². The minimum Gasteiger partial charge on any atom is -0.332 e. The van der Waals surface area contributed by atoms with Gasteiger partial charge in [-0.3, -0.25) is 9.59 Å².